The van der Waals surface area contributed by atoms with Crippen LogP contribution in [-0.4, -0.2) is 17.3 Å². The smallest absolute Gasteiger partial charge is 0.139 e. The summed E-state index contributed by atoms with van der Waals surface area (Å²) in [4.78, 5) is 0. The molecule has 0 saturated heterocycles. The van der Waals surface area contributed by atoms with Gasteiger partial charge < -0.3 is 9.84 Å². The molecule has 1 N–H and O–H groups in total. The number of hydrogen-bond acceptors (Lipinski definition) is 2. The molecule has 0 saturated carbocycles. The summed E-state index contributed by atoms with van der Waals surface area (Å²) in [5.74, 6) is 0.635. The molecule has 0 amide bonds. The van der Waals surface area contributed by atoms with Gasteiger partial charge in [0, 0.05) is 10.9 Å². The number of aliphatic hydroxyl groups is 1. The molecule has 0 aromatic heterocycles. The van der Waals surface area contributed by atoms with E-state index in [1.807, 2.05) is 12.1 Å². The van der Waals surface area contributed by atoms with Gasteiger partial charge in [0.25, 0.3) is 0 Å². The first-order chi connectivity index (χ1) is 6.88. The van der Waals surface area contributed by atoms with Gasteiger partial charge in [-0.3, -0.25) is 0 Å². The fourth-order valence-electron chi connectivity index (χ4n) is 0.999. The van der Waals surface area contributed by atoms with Gasteiger partial charge in [0.2, 0.25) is 0 Å². The molecule has 84 valence electrons. The van der Waals surface area contributed by atoms with Crippen molar-refractivity contribution in [3.63, 3.8) is 0 Å². The molecular weight excluding hydrogens is 279 g/mol. The van der Waals surface area contributed by atoms with Crippen molar-refractivity contribution in [1.29, 1.82) is 0 Å². The molecule has 0 bridgehead atoms. The van der Waals surface area contributed by atoms with Crippen LogP contribution in [0.25, 0.3) is 0 Å². The molecule has 4 heteroatoms. The molecule has 0 heterocycles. The monoisotopic (exact) mass is 292 g/mol. The second kappa shape index (κ2) is 5.19. The number of halogens is 2. The summed E-state index contributed by atoms with van der Waals surface area (Å²) in [6.45, 7) is 3.94. The van der Waals surface area contributed by atoms with Crippen LogP contribution in [0.2, 0.25) is 5.02 Å². The van der Waals surface area contributed by atoms with E-state index in [1.54, 1.807) is 19.9 Å². The molecule has 0 aliphatic carbocycles. The average Bonchev–Trinajstić information content (AvgIpc) is 2.09. The summed E-state index contributed by atoms with van der Waals surface area (Å²) in [6, 6.07) is 5.43. The number of rotatable bonds is 4. The van der Waals surface area contributed by atoms with Crippen LogP contribution in [0.15, 0.2) is 22.7 Å². The molecule has 0 radical (unpaired) electrons. The number of ether oxygens (including phenoxy) is 1. The van der Waals surface area contributed by atoms with Crippen molar-refractivity contribution in [3.05, 3.63) is 27.7 Å². The summed E-state index contributed by atoms with van der Waals surface area (Å²) < 4.78 is 6.39. The largest absolute Gasteiger partial charge is 0.492 e. The second-order valence-electron chi connectivity index (χ2n) is 3.99. The third-order valence-electron chi connectivity index (χ3n) is 1.86. The lowest BCUT2D eigenvalue weighted by molar-refractivity contribution is 0.0553. The molecule has 0 spiro atoms. The maximum atomic E-state index is 9.50. The lowest BCUT2D eigenvalue weighted by Crippen LogP contribution is -2.21. The van der Waals surface area contributed by atoms with Crippen LogP contribution in [0.5, 0.6) is 5.75 Å². The molecule has 0 atom stereocenters. The Hall–Kier alpha value is -0.250. The van der Waals surface area contributed by atoms with Crippen molar-refractivity contribution in [2.75, 3.05) is 6.61 Å². The summed E-state index contributed by atoms with van der Waals surface area (Å²) in [6.07, 6.45) is 0.565. The summed E-state index contributed by atoms with van der Waals surface area (Å²) >= 11 is 9.28. The quantitative estimate of drug-likeness (QED) is 0.918. The van der Waals surface area contributed by atoms with Crippen LogP contribution in [0, 0.1) is 0 Å². The van der Waals surface area contributed by atoms with Gasteiger partial charge in [-0.05, 0) is 32.0 Å². The Morgan fingerprint density at radius 2 is 2.13 bits per heavy atom. The Bertz CT molecular complexity index is 334. The molecule has 1 aromatic rings. The van der Waals surface area contributed by atoms with Gasteiger partial charge in [0.05, 0.1) is 17.2 Å². The maximum Gasteiger partial charge on any atom is 0.139 e. The lowest BCUT2D eigenvalue weighted by atomic mass is 10.1. The topological polar surface area (TPSA) is 29.5 Å². The van der Waals surface area contributed by atoms with Gasteiger partial charge in [-0.15, -0.1) is 0 Å². The highest BCUT2D eigenvalue weighted by Gasteiger charge is 2.12. The van der Waals surface area contributed by atoms with E-state index < -0.39 is 5.60 Å². The standard InChI is InChI=1S/C11H14BrClO2/c1-11(2,14)5-6-15-10-7-8(12)3-4-9(10)13/h3-4,7,14H,5-6H2,1-2H3. The second-order valence-corrected chi connectivity index (χ2v) is 5.31. The van der Waals surface area contributed by atoms with Gasteiger partial charge in [0.1, 0.15) is 5.75 Å². The minimum absolute atomic E-state index is 0.444. The van der Waals surface area contributed by atoms with Crippen LogP contribution < -0.4 is 4.74 Å². The van der Waals surface area contributed by atoms with Crippen molar-refractivity contribution in [2.24, 2.45) is 0 Å². The minimum atomic E-state index is -0.710. The highest BCUT2D eigenvalue weighted by Crippen LogP contribution is 2.28. The Balaban J connectivity index is 2.54. The zero-order chi connectivity index (χ0) is 11.5. The highest BCUT2D eigenvalue weighted by atomic mass is 79.9. The van der Waals surface area contributed by atoms with Crippen LogP contribution in [0.4, 0.5) is 0 Å². The third kappa shape index (κ3) is 4.87. The molecule has 1 aromatic carbocycles. The predicted molar refractivity (Wildman–Crippen MR) is 65.6 cm³/mol. The molecule has 0 fully saturated rings. The van der Waals surface area contributed by atoms with Crippen molar-refractivity contribution in [3.8, 4) is 5.75 Å². The van der Waals surface area contributed by atoms with Crippen molar-refractivity contribution < 1.29 is 9.84 Å². The minimum Gasteiger partial charge on any atom is -0.492 e. The Kier molecular flexibility index (Phi) is 4.44. The van der Waals surface area contributed by atoms with E-state index in [4.69, 9.17) is 16.3 Å². The van der Waals surface area contributed by atoms with Crippen molar-refractivity contribution in [2.45, 2.75) is 25.9 Å². The first-order valence-electron chi connectivity index (χ1n) is 4.69. The van der Waals surface area contributed by atoms with E-state index in [1.165, 1.54) is 0 Å². The Labute approximate surface area is 103 Å². The van der Waals surface area contributed by atoms with Crippen LogP contribution in [0.3, 0.4) is 0 Å². The van der Waals surface area contributed by atoms with Gasteiger partial charge in [-0.25, -0.2) is 0 Å². The first-order valence-corrected chi connectivity index (χ1v) is 5.86. The molecule has 15 heavy (non-hydrogen) atoms. The summed E-state index contributed by atoms with van der Waals surface area (Å²) in [7, 11) is 0. The van der Waals surface area contributed by atoms with E-state index in [0.29, 0.717) is 23.8 Å². The van der Waals surface area contributed by atoms with E-state index in [0.717, 1.165) is 4.47 Å². The molecule has 0 aliphatic heterocycles. The summed E-state index contributed by atoms with van der Waals surface area (Å²) in [5, 5.41) is 10.1. The first kappa shape index (κ1) is 12.8. The fourth-order valence-corrected chi connectivity index (χ4v) is 1.51. The van der Waals surface area contributed by atoms with Crippen molar-refractivity contribution in [1.82, 2.24) is 0 Å². The zero-order valence-corrected chi connectivity index (χ0v) is 11.1. The fraction of sp³-hybridized carbons (Fsp3) is 0.455. The van der Waals surface area contributed by atoms with Crippen molar-refractivity contribution >= 4 is 27.5 Å². The van der Waals surface area contributed by atoms with Crippen LogP contribution >= 0.6 is 27.5 Å². The molecule has 2 nitrogen and oxygen atoms in total. The summed E-state index contributed by atoms with van der Waals surface area (Å²) in [5.41, 5.74) is -0.710. The van der Waals surface area contributed by atoms with Gasteiger partial charge in [0.15, 0.2) is 0 Å². The Morgan fingerprint density at radius 1 is 1.47 bits per heavy atom. The number of benzene rings is 1. The van der Waals surface area contributed by atoms with Gasteiger partial charge >= 0.3 is 0 Å². The SMILES string of the molecule is CC(C)(O)CCOc1cc(Br)ccc1Cl. The van der Waals surface area contributed by atoms with Gasteiger partial charge in [-0.2, -0.15) is 0 Å². The Morgan fingerprint density at radius 3 is 2.73 bits per heavy atom. The molecule has 0 unspecified atom stereocenters. The number of hydrogen-bond donors (Lipinski definition) is 1. The third-order valence-corrected chi connectivity index (χ3v) is 2.67. The average molecular weight is 294 g/mol. The molecule has 0 aliphatic rings. The zero-order valence-electron chi connectivity index (χ0n) is 8.76. The van der Waals surface area contributed by atoms with Gasteiger partial charge in [-0.1, -0.05) is 27.5 Å². The lowest BCUT2D eigenvalue weighted by Gasteiger charge is -2.17. The molecular formula is C11H14BrClO2. The van der Waals surface area contributed by atoms with Crippen LogP contribution in [0.1, 0.15) is 20.3 Å². The van der Waals surface area contributed by atoms with E-state index in [2.05, 4.69) is 15.9 Å². The predicted octanol–water partition coefficient (Wildman–Crippen LogP) is 3.64. The highest BCUT2D eigenvalue weighted by molar-refractivity contribution is 9.10. The van der Waals surface area contributed by atoms with Crippen LogP contribution in [-0.2, 0) is 0 Å². The normalized spacial score (nSPS) is 11.5. The van der Waals surface area contributed by atoms with E-state index >= 15 is 0 Å². The van der Waals surface area contributed by atoms with E-state index in [9.17, 15) is 5.11 Å². The van der Waals surface area contributed by atoms with E-state index in [-0.39, 0.29) is 0 Å². The maximum absolute atomic E-state index is 9.50. The molecule has 1 rings (SSSR count).